The molecule has 0 saturated carbocycles. The van der Waals surface area contributed by atoms with Crippen molar-refractivity contribution in [3.8, 4) is 0 Å². The molecule has 0 N–H and O–H groups in total. The smallest absolute Gasteiger partial charge is 0.248 e. The third-order valence-electron chi connectivity index (χ3n) is 6.28. The zero-order valence-electron chi connectivity index (χ0n) is 15.6. The minimum Gasteiger partial charge on any atom is -0.382 e. The number of methoxy groups -OCH3 is 1. The summed E-state index contributed by atoms with van der Waals surface area (Å²) in [5, 5.41) is 0. The van der Waals surface area contributed by atoms with Gasteiger partial charge in [-0.15, -0.1) is 0 Å². The zero-order chi connectivity index (χ0) is 19.0. The second kappa shape index (κ2) is 7.81. The Morgan fingerprint density at radius 2 is 1.81 bits per heavy atom. The highest BCUT2D eigenvalue weighted by molar-refractivity contribution is 5.78. The molecule has 148 valence electrons. The molecule has 0 spiro atoms. The maximum atomic E-state index is 13.8. The Kier molecular flexibility index (Phi) is 5.43. The molecule has 3 atom stereocenters. The van der Waals surface area contributed by atoms with Crippen molar-refractivity contribution in [2.75, 3.05) is 46.6 Å². The Hall–Kier alpha value is -1.57. The predicted octanol–water partition coefficient (Wildman–Crippen LogP) is 2.02. The van der Waals surface area contributed by atoms with Gasteiger partial charge in [-0.2, -0.15) is 0 Å². The van der Waals surface area contributed by atoms with Crippen LogP contribution in [0.4, 0.5) is 8.78 Å². The summed E-state index contributed by atoms with van der Waals surface area (Å²) >= 11 is 0. The summed E-state index contributed by atoms with van der Waals surface area (Å²) < 4.78 is 38.0. The van der Waals surface area contributed by atoms with Crippen molar-refractivity contribution in [1.82, 2.24) is 9.80 Å². The van der Waals surface area contributed by atoms with Crippen LogP contribution < -0.4 is 0 Å². The van der Waals surface area contributed by atoms with Gasteiger partial charge >= 0.3 is 0 Å². The van der Waals surface area contributed by atoms with E-state index < -0.39 is 11.6 Å². The first-order chi connectivity index (χ1) is 13.1. The summed E-state index contributed by atoms with van der Waals surface area (Å²) in [7, 11) is 1.59. The fourth-order valence-corrected chi connectivity index (χ4v) is 5.17. The monoisotopic (exact) mass is 380 g/mol. The molecule has 4 saturated heterocycles. The van der Waals surface area contributed by atoms with E-state index in [-0.39, 0.29) is 30.5 Å². The number of benzene rings is 1. The maximum Gasteiger partial charge on any atom is 0.248 e. The molecule has 0 aromatic heterocycles. The van der Waals surface area contributed by atoms with Gasteiger partial charge in [-0.3, -0.25) is 9.69 Å². The van der Waals surface area contributed by atoms with Crippen molar-refractivity contribution < 1.29 is 23.0 Å². The van der Waals surface area contributed by atoms with Gasteiger partial charge in [0.05, 0.1) is 19.3 Å². The fourth-order valence-electron chi connectivity index (χ4n) is 5.17. The number of amides is 1. The molecule has 7 heteroatoms. The van der Waals surface area contributed by atoms with Crippen molar-refractivity contribution >= 4 is 5.91 Å². The lowest BCUT2D eigenvalue weighted by Gasteiger charge is -2.51. The molecule has 4 aliphatic heterocycles. The quantitative estimate of drug-likeness (QED) is 0.708. The van der Waals surface area contributed by atoms with E-state index in [1.54, 1.807) is 7.11 Å². The standard InChI is InChI=1S/C20H26F2N2O3/c1-26-6-7-27-12-18(25)24-11-17(14-8-15(21)10-16(22)9-14)20-19(24)13-2-4-23(20)5-3-13/h8-10,13,17,19-20H,2-7,11-12H2,1H3/t17-,19-,20-/m1/s1. The lowest BCUT2D eigenvalue weighted by Crippen LogP contribution is -2.61. The van der Waals surface area contributed by atoms with Gasteiger partial charge in [-0.25, -0.2) is 8.78 Å². The van der Waals surface area contributed by atoms with E-state index in [9.17, 15) is 13.6 Å². The highest BCUT2D eigenvalue weighted by Crippen LogP contribution is 2.46. The largest absolute Gasteiger partial charge is 0.382 e. The minimum atomic E-state index is -0.565. The molecular weight excluding hydrogens is 354 g/mol. The minimum absolute atomic E-state index is 0.0174. The Labute approximate surface area is 158 Å². The molecule has 0 radical (unpaired) electrons. The zero-order valence-corrected chi connectivity index (χ0v) is 15.6. The highest BCUT2D eigenvalue weighted by atomic mass is 19.1. The number of likely N-dealkylation sites (tertiary alicyclic amines) is 1. The first-order valence-electron chi connectivity index (χ1n) is 9.64. The summed E-state index contributed by atoms with van der Waals surface area (Å²) in [6.45, 7) is 3.30. The lowest BCUT2D eigenvalue weighted by atomic mass is 9.75. The first-order valence-corrected chi connectivity index (χ1v) is 9.64. The fraction of sp³-hybridized carbons (Fsp3) is 0.650. The second-order valence-corrected chi connectivity index (χ2v) is 7.76. The number of carbonyl (C=O) groups is 1. The number of carbonyl (C=O) groups excluding carboxylic acids is 1. The van der Waals surface area contributed by atoms with Gasteiger partial charge in [-0.1, -0.05) is 0 Å². The van der Waals surface area contributed by atoms with E-state index >= 15 is 0 Å². The molecule has 4 aliphatic rings. The van der Waals surface area contributed by atoms with Gasteiger partial charge < -0.3 is 14.4 Å². The van der Waals surface area contributed by atoms with Crippen molar-refractivity contribution in [1.29, 1.82) is 0 Å². The van der Waals surface area contributed by atoms with Crippen LogP contribution in [0.2, 0.25) is 0 Å². The number of nitrogens with zero attached hydrogens (tertiary/aromatic N) is 2. The van der Waals surface area contributed by atoms with Crippen molar-refractivity contribution in [3.05, 3.63) is 35.4 Å². The molecule has 2 bridgehead atoms. The van der Waals surface area contributed by atoms with Gasteiger partial charge in [0.25, 0.3) is 0 Å². The topological polar surface area (TPSA) is 42.0 Å². The van der Waals surface area contributed by atoms with Crippen molar-refractivity contribution in [3.63, 3.8) is 0 Å². The summed E-state index contributed by atoms with van der Waals surface area (Å²) in [6, 6.07) is 3.95. The Bertz CT molecular complexity index is 674. The summed E-state index contributed by atoms with van der Waals surface area (Å²) in [6.07, 6.45) is 2.14. The van der Waals surface area contributed by atoms with Crippen LogP contribution >= 0.6 is 0 Å². The van der Waals surface area contributed by atoms with Gasteiger partial charge in [-0.05, 0) is 49.5 Å². The normalized spacial score (nSPS) is 32.0. The van der Waals surface area contributed by atoms with Crippen LogP contribution in [-0.2, 0) is 14.3 Å². The van der Waals surface area contributed by atoms with E-state index in [1.165, 1.54) is 12.1 Å². The number of hydrogen-bond acceptors (Lipinski definition) is 4. The van der Waals surface area contributed by atoms with Crippen LogP contribution in [0.3, 0.4) is 0 Å². The van der Waals surface area contributed by atoms with Crippen LogP contribution in [0.15, 0.2) is 18.2 Å². The molecule has 0 aliphatic carbocycles. The average molecular weight is 380 g/mol. The average Bonchev–Trinajstić information content (AvgIpc) is 3.08. The number of rotatable bonds is 6. The predicted molar refractivity (Wildman–Crippen MR) is 95.4 cm³/mol. The van der Waals surface area contributed by atoms with Crippen LogP contribution in [0.5, 0.6) is 0 Å². The van der Waals surface area contributed by atoms with E-state index in [0.717, 1.165) is 32.0 Å². The molecule has 1 aromatic carbocycles. The molecular formula is C20H26F2N2O3. The molecule has 5 rings (SSSR count). The van der Waals surface area contributed by atoms with Gasteiger partial charge in [0, 0.05) is 31.7 Å². The van der Waals surface area contributed by atoms with Crippen molar-refractivity contribution in [2.24, 2.45) is 5.92 Å². The number of piperidine rings is 3. The van der Waals surface area contributed by atoms with E-state index in [2.05, 4.69) is 4.90 Å². The Morgan fingerprint density at radius 1 is 1.11 bits per heavy atom. The van der Waals surface area contributed by atoms with Gasteiger partial charge in [0.15, 0.2) is 0 Å². The SMILES string of the molecule is COCCOCC(=O)N1C[C@H](c2cc(F)cc(F)c2)[C@@H]2[C@H]1C1CCN2CC1. The number of ether oxygens (including phenoxy) is 2. The Balaban J connectivity index is 1.57. The van der Waals surface area contributed by atoms with Gasteiger partial charge in [0.2, 0.25) is 5.91 Å². The van der Waals surface area contributed by atoms with E-state index in [4.69, 9.17) is 9.47 Å². The molecule has 5 nitrogen and oxygen atoms in total. The van der Waals surface area contributed by atoms with E-state index in [0.29, 0.717) is 31.2 Å². The molecule has 4 heterocycles. The number of fused-ring (bicyclic) bond motifs is 2. The van der Waals surface area contributed by atoms with Crippen molar-refractivity contribution in [2.45, 2.75) is 30.8 Å². The molecule has 1 aromatic rings. The lowest BCUT2D eigenvalue weighted by molar-refractivity contribution is -0.141. The third kappa shape index (κ3) is 3.60. The van der Waals surface area contributed by atoms with E-state index in [1.807, 2.05) is 4.90 Å². The maximum absolute atomic E-state index is 13.8. The van der Waals surface area contributed by atoms with Crippen LogP contribution in [0, 0.1) is 17.6 Å². The molecule has 27 heavy (non-hydrogen) atoms. The molecule has 1 amide bonds. The van der Waals surface area contributed by atoms with Gasteiger partial charge in [0.1, 0.15) is 18.2 Å². The number of hydrogen-bond donors (Lipinski definition) is 0. The van der Waals surface area contributed by atoms with Crippen LogP contribution in [-0.4, -0.2) is 74.4 Å². The van der Waals surface area contributed by atoms with Crippen LogP contribution in [0.25, 0.3) is 0 Å². The number of halogens is 2. The second-order valence-electron chi connectivity index (χ2n) is 7.76. The highest BCUT2D eigenvalue weighted by Gasteiger charge is 2.54. The summed E-state index contributed by atoms with van der Waals surface area (Å²) in [5.74, 6) is -0.804. The Morgan fingerprint density at radius 3 is 2.48 bits per heavy atom. The summed E-state index contributed by atoms with van der Waals surface area (Å²) in [5.41, 5.74) is 0.644. The third-order valence-corrected chi connectivity index (χ3v) is 6.28. The first kappa shape index (κ1) is 18.8. The van der Waals surface area contributed by atoms with Crippen LogP contribution in [0.1, 0.15) is 24.3 Å². The molecule has 4 fully saturated rings. The summed E-state index contributed by atoms with van der Waals surface area (Å²) in [4.78, 5) is 17.1. The molecule has 0 unspecified atom stereocenters.